The van der Waals surface area contributed by atoms with E-state index >= 15 is 0 Å². The Bertz CT molecular complexity index is 1920. The number of nitrogens with one attached hydrogen (secondary N) is 1. The molecule has 2 atom stereocenters. The summed E-state index contributed by atoms with van der Waals surface area (Å²) >= 11 is 12.6. The largest absolute Gasteiger partial charge is 0.395 e. The molecule has 1 saturated heterocycles. The SMILES string of the molecule is C[C@@]1(Cc2ccc(-c3cncnc3N)cc2)C(=O)N(c2cc(Cl)cc(Cl)c2)c2ncc(S(=O)(=O)N3CCC[C@H]3C(=O)NCCO)n21. The number of rotatable bonds is 9. The van der Waals surface area contributed by atoms with Crippen molar-refractivity contribution in [2.75, 3.05) is 30.3 Å². The van der Waals surface area contributed by atoms with Gasteiger partial charge in [0.1, 0.15) is 23.7 Å². The summed E-state index contributed by atoms with van der Waals surface area (Å²) in [4.78, 5) is 41.2. The maximum atomic E-state index is 14.4. The Hall–Kier alpha value is -4.08. The van der Waals surface area contributed by atoms with Crippen molar-refractivity contribution in [2.24, 2.45) is 0 Å². The Labute approximate surface area is 275 Å². The summed E-state index contributed by atoms with van der Waals surface area (Å²) in [6.07, 6.45) is 5.03. The molecular weight excluding hydrogens is 655 g/mol. The number of aliphatic hydroxyl groups excluding tert-OH is 1. The van der Waals surface area contributed by atoms with Crippen LogP contribution in [0.1, 0.15) is 25.3 Å². The van der Waals surface area contributed by atoms with Gasteiger partial charge in [-0.15, -0.1) is 0 Å². The van der Waals surface area contributed by atoms with Crippen LogP contribution >= 0.6 is 23.2 Å². The lowest BCUT2D eigenvalue weighted by atomic mass is 9.91. The normalized spacial score (nSPS) is 19.9. The Morgan fingerprint density at radius 1 is 1.13 bits per heavy atom. The Balaban J connectivity index is 1.44. The predicted octanol–water partition coefficient (Wildman–Crippen LogP) is 3.13. The topological polar surface area (TPSA) is 177 Å². The van der Waals surface area contributed by atoms with Gasteiger partial charge in [0.2, 0.25) is 11.9 Å². The van der Waals surface area contributed by atoms with Crippen molar-refractivity contribution in [1.29, 1.82) is 0 Å². The first-order valence-corrected chi connectivity index (χ1v) is 16.6. The molecular formula is C30H30Cl2N8O5S. The number of nitrogen functional groups attached to an aromatic ring is 1. The smallest absolute Gasteiger partial charge is 0.261 e. The summed E-state index contributed by atoms with van der Waals surface area (Å²) in [6, 6.07) is 11.0. The number of benzene rings is 2. The average molecular weight is 686 g/mol. The molecule has 6 rings (SSSR count). The first-order valence-electron chi connectivity index (χ1n) is 14.4. The highest BCUT2D eigenvalue weighted by molar-refractivity contribution is 7.89. The van der Waals surface area contributed by atoms with Crippen LogP contribution in [0.5, 0.6) is 0 Å². The summed E-state index contributed by atoms with van der Waals surface area (Å²) in [5, 5.41) is 12.1. The standard InChI is InChI=1S/C30H30Cl2N8O5S/c1-30(14-18-4-6-19(7-5-18)23-15-34-17-37-26(23)33)28(43)39(22-12-20(31)11-21(32)13-22)29-36-16-25(40(29)30)46(44,45)38-9-2-3-24(38)27(42)35-8-10-41/h4-7,11-13,15-17,24,41H,2-3,8-10,14H2,1H3,(H,35,42)(H2,33,34,37)/t24-,30+/m0/s1. The third-order valence-corrected chi connectivity index (χ3v) is 10.5. The van der Waals surface area contributed by atoms with Crippen molar-refractivity contribution < 1.29 is 23.1 Å². The highest BCUT2D eigenvalue weighted by Gasteiger charge is 2.53. The van der Waals surface area contributed by atoms with Gasteiger partial charge in [0.15, 0.2) is 5.03 Å². The van der Waals surface area contributed by atoms with Crippen LogP contribution in [0.3, 0.4) is 0 Å². The molecule has 2 amide bonds. The van der Waals surface area contributed by atoms with Crippen LogP contribution < -0.4 is 16.0 Å². The number of hydrogen-bond acceptors (Lipinski definition) is 9. The number of carbonyl (C=O) groups excluding carboxylic acids is 2. The van der Waals surface area contributed by atoms with E-state index in [0.717, 1.165) is 15.4 Å². The number of imidazole rings is 1. The van der Waals surface area contributed by atoms with E-state index in [0.29, 0.717) is 29.9 Å². The molecule has 2 aliphatic rings. The number of halogens is 2. The zero-order valence-corrected chi connectivity index (χ0v) is 26.9. The van der Waals surface area contributed by atoms with Crippen molar-refractivity contribution >= 4 is 62.5 Å². The lowest BCUT2D eigenvalue weighted by Crippen LogP contribution is -2.48. The second-order valence-electron chi connectivity index (χ2n) is 11.3. The van der Waals surface area contributed by atoms with Gasteiger partial charge in [-0.25, -0.2) is 28.3 Å². The molecule has 16 heteroatoms. The van der Waals surface area contributed by atoms with Crippen molar-refractivity contribution in [3.8, 4) is 11.1 Å². The number of carbonyl (C=O) groups is 2. The lowest BCUT2D eigenvalue weighted by molar-refractivity contribution is -0.125. The summed E-state index contributed by atoms with van der Waals surface area (Å²) in [6.45, 7) is 1.47. The minimum Gasteiger partial charge on any atom is -0.395 e. The predicted molar refractivity (Wildman–Crippen MR) is 172 cm³/mol. The zero-order valence-electron chi connectivity index (χ0n) is 24.6. The second-order valence-corrected chi connectivity index (χ2v) is 14.0. The number of nitrogens with zero attached hydrogens (tertiary/aromatic N) is 6. The minimum absolute atomic E-state index is 0.00227. The summed E-state index contributed by atoms with van der Waals surface area (Å²) < 4.78 is 31.2. The molecule has 240 valence electrons. The van der Waals surface area contributed by atoms with Crippen molar-refractivity contribution in [3.05, 3.63) is 76.8 Å². The number of aromatic nitrogens is 4. The summed E-state index contributed by atoms with van der Waals surface area (Å²) in [7, 11) is -4.34. The van der Waals surface area contributed by atoms with E-state index in [1.165, 1.54) is 28.1 Å². The number of anilines is 3. The van der Waals surface area contributed by atoms with Gasteiger partial charge in [0.05, 0.1) is 18.5 Å². The molecule has 46 heavy (non-hydrogen) atoms. The maximum absolute atomic E-state index is 14.4. The first-order chi connectivity index (χ1) is 22.0. The molecule has 4 heterocycles. The summed E-state index contributed by atoms with van der Waals surface area (Å²) in [5.74, 6) is -0.570. The Morgan fingerprint density at radius 3 is 2.52 bits per heavy atom. The number of hydrogen-bond donors (Lipinski definition) is 3. The van der Waals surface area contributed by atoms with Crippen LogP contribution in [0.25, 0.3) is 11.1 Å². The van der Waals surface area contributed by atoms with E-state index in [2.05, 4.69) is 20.3 Å². The molecule has 0 bridgehead atoms. The number of nitrogens with two attached hydrogens (primary N) is 1. The number of fused-ring (bicyclic) bond motifs is 1. The van der Waals surface area contributed by atoms with Gasteiger partial charge in [-0.1, -0.05) is 47.5 Å². The third-order valence-electron chi connectivity index (χ3n) is 8.22. The van der Waals surface area contributed by atoms with E-state index in [9.17, 15) is 18.0 Å². The lowest BCUT2D eigenvalue weighted by Gasteiger charge is -2.29. The van der Waals surface area contributed by atoms with Gasteiger partial charge in [0, 0.05) is 41.3 Å². The molecule has 2 aliphatic heterocycles. The molecule has 0 unspecified atom stereocenters. The fraction of sp³-hybridized carbons (Fsp3) is 0.300. The van der Waals surface area contributed by atoms with Crippen LogP contribution in [-0.2, 0) is 31.6 Å². The average Bonchev–Trinajstić information content (AvgIpc) is 3.74. The van der Waals surface area contributed by atoms with E-state index in [4.69, 9.17) is 34.0 Å². The summed E-state index contributed by atoms with van der Waals surface area (Å²) in [5.41, 5.74) is 7.02. The highest BCUT2D eigenvalue weighted by atomic mass is 35.5. The number of aliphatic hydroxyl groups is 1. The van der Waals surface area contributed by atoms with Gasteiger partial charge >= 0.3 is 0 Å². The minimum atomic E-state index is -4.34. The monoisotopic (exact) mass is 684 g/mol. The van der Waals surface area contributed by atoms with Crippen molar-refractivity contribution in [1.82, 2.24) is 29.1 Å². The molecule has 0 radical (unpaired) electrons. The molecule has 0 spiro atoms. The van der Waals surface area contributed by atoms with E-state index in [1.54, 1.807) is 25.3 Å². The molecule has 2 aromatic carbocycles. The van der Waals surface area contributed by atoms with Gasteiger partial charge in [-0.3, -0.25) is 14.2 Å². The fourth-order valence-corrected chi connectivity index (χ4v) is 8.44. The maximum Gasteiger partial charge on any atom is 0.261 e. The molecule has 13 nitrogen and oxygen atoms in total. The number of amides is 2. The van der Waals surface area contributed by atoms with Crippen LogP contribution in [0.4, 0.5) is 17.5 Å². The Kier molecular flexibility index (Phi) is 8.50. The first kappa shape index (κ1) is 31.9. The van der Waals surface area contributed by atoms with Crippen LogP contribution in [0.15, 0.2) is 66.2 Å². The molecule has 4 N–H and O–H groups in total. The van der Waals surface area contributed by atoms with Crippen LogP contribution in [-0.4, -0.2) is 74.9 Å². The van der Waals surface area contributed by atoms with Crippen molar-refractivity contribution in [3.63, 3.8) is 0 Å². The van der Waals surface area contributed by atoms with Gasteiger partial charge < -0.3 is 16.2 Å². The van der Waals surface area contributed by atoms with Gasteiger partial charge in [-0.2, -0.15) is 4.31 Å². The van der Waals surface area contributed by atoms with E-state index in [1.807, 2.05) is 24.3 Å². The van der Waals surface area contributed by atoms with E-state index in [-0.39, 0.29) is 47.1 Å². The van der Waals surface area contributed by atoms with E-state index < -0.39 is 33.4 Å². The van der Waals surface area contributed by atoms with Gasteiger partial charge in [0.25, 0.3) is 15.9 Å². The highest BCUT2D eigenvalue weighted by Crippen LogP contribution is 2.45. The number of sulfonamides is 1. The third kappa shape index (κ3) is 5.49. The molecule has 2 aromatic heterocycles. The second kappa shape index (κ2) is 12.3. The van der Waals surface area contributed by atoms with Crippen LogP contribution in [0.2, 0.25) is 10.0 Å². The molecule has 4 aromatic rings. The zero-order chi connectivity index (χ0) is 32.8. The molecule has 1 fully saturated rings. The van der Waals surface area contributed by atoms with Gasteiger partial charge in [-0.05, 0) is 49.1 Å². The Morgan fingerprint density at radius 2 is 1.85 bits per heavy atom. The quantitative estimate of drug-likeness (QED) is 0.239. The molecule has 0 aliphatic carbocycles. The molecule has 0 saturated carbocycles. The van der Waals surface area contributed by atoms with Crippen molar-refractivity contribution in [2.45, 2.75) is 42.8 Å². The van der Waals surface area contributed by atoms with Crippen LogP contribution in [0, 0.1) is 0 Å². The fourth-order valence-electron chi connectivity index (χ4n) is 6.08.